The Bertz CT molecular complexity index is 514. The van der Waals surface area contributed by atoms with Crippen molar-refractivity contribution in [1.82, 2.24) is 0 Å². The molecule has 15 heavy (non-hydrogen) atoms. The third kappa shape index (κ3) is 2.15. The number of nitrogens with zero attached hydrogens (tertiary/aromatic N) is 1. The van der Waals surface area contributed by atoms with Gasteiger partial charge < -0.3 is 11.0 Å². The lowest BCUT2D eigenvalue weighted by Crippen LogP contribution is -1.94. The van der Waals surface area contributed by atoms with Crippen LogP contribution in [0.2, 0.25) is 0 Å². The standard InChI is InChI=1S/C7H3ClFNO2S.2H2O/c8-7-5-3-4(9)1-2-6(5)13(11,12)10-7;;/h1-3H;2*1H2. The van der Waals surface area contributed by atoms with Gasteiger partial charge in [-0.05, 0) is 18.2 Å². The smallest absolute Gasteiger partial charge is 0.284 e. The predicted molar refractivity (Wildman–Crippen MR) is 53.2 cm³/mol. The molecule has 0 radical (unpaired) electrons. The van der Waals surface area contributed by atoms with E-state index in [2.05, 4.69) is 4.40 Å². The van der Waals surface area contributed by atoms with Crippen molar-refractivity contribution in [2.45, 2.75) is 4.90 Å². The number of benzene rings is 1. The molecule has 1 aliphatic rings. The van der Waals surface area contributed by atoms with E-state index in [9.17, 15) is 12.8 Å². The van der Waals surface area contributed by atoms with Crippen LogP contribution in [-0.4, -0.2) is 24.5 Å². The summed E-state index contributed by atoms with van der Waals surface area (Å²) in [6.07, 6.45) is 0. The van der Waals surface area contributed by atoms with E-state index in [1.165, 1.54) is 0 Å². The molecule has 0 amide bonds. The van der Waals surface area contributed by atoms with Crippen molar-refractivity contribution in [3.63, 3.8) is 0 Å². The monoisotopic (exact) mass is 255 g/mol. The summed E-state index contributed by atoms with van der Waals surface area (Å²) in [5.41, 5.74) is 0.127. The molecule has 0 saturated carbocycles. The summed E-state index contributed by atoms with van der Waals surface area (Å²) in [5.74, 6) is -0.538. The molecule has 84 valence electrons. The molecule has 0 saturated heterocycles. The molecule has 5 nitrogen and oxygen atoms in total. The molecule has 2 rings (SSSR count). The van der Waals surface area contributed by atoms with Crippen molar-refractivity contribution in [2.75, 3.05) is 0 Å². The third-order valence-electron chi connectivity index (χ3n) is 1.64. The highest BCUT2D eigenvalue weighted by Gasteiger charge is 2.27. The minimum absolute atomic E-state index is 0. The van der Waals surface area contributed by atoms with Gasteiger partial charge in [0.05, 0.1) is 4.90 Å². The number of sulfonamides is 1. The highest BCUT2D eigenvalue weighted by atomic mass is 35.5. The first-order chi connectivity index (χ1) is 6.00. The van der Waals surface area contributed by atoms with Gasteiger partial charge in [-0.25, -0.2) is 4.39 Å². The first-order valence-electron chi connectivity index (χ1n) is 3.31. The summed E-state index contributed by atoms with van der Waals surface area (Å²) in [7, 11) is -3.68. The number of halogens is 2. The van der Waals surface area contributed by atoms with E-state index < -0.39 is 15.8 Å². The first kappa shape index (κ1) is 14.0. The average Bonchev–Trinajstić information content (AvgIpc) is 2.22. The van der Waals surface area contributed by atoms with Crippen LogP contribution in [0.3, 0.4) is 0 Å². The fourth-order valence-corrected chi connectivity index (χ4v) is 2.66. The van der Waals surface area contributed by atoms with E-state index >= 15 is 0 Å². The Hall–Kier alpha value is -1.02. The Balaban J connectivity index is 0.000000980. The largest absolute Gasteiger partial charge is 0.412 e. The summed E-state index contributed by atoms with van der Waals surface area (Å²) >= 11 is 5.50. The topological polar surface area (TPSA) is 109 Å². The maximum absolute atomic E-state index is 12.7. The van der Waals surface area contributed by atoms with Crippen LogP contribution in [-0.2, 0) is 10.0 Å². The van der Waals surface area contributed by atoms with Crippen LogP contribution in [0, 0.1) is 5.82 Å². The zero-order valence-electron chi connectivity index (χ0n) is 7.16. The van der Waals surface area contributed by atoms with Crippen LogP contribution < -0.4 is 0 Å². The van der Waals surface area contributed by atoms with E-state index in [-0.39, 0.29) is 26.6 Å². The minimum atomic E-state index is -3.68. The lowest BCUT2D eigenvalue weighted by molar-refractivity contribution is 0.598. The zero-order valence-corrected chi connectivity index (χ0v) is 8.73. The first-order valence-corrected chi connectivity index (χ1v) is 5.13. The second kappa shape index (κ2) is 4.23. The van der Waals surface area contributed by atoms with E-state index in [4.69, 9.17) is 11.6 Å². The molecule has 0 bridgehead atoms. The van der Waals surface area contributed by atoms with Crippen molar-refractivity contribution in [3.05, 3.63) is 29.6 Å². The summed E-state index contributed by atoms with van der Waals surface area (Å²) < 4.78 is 38.3. The Labute approximate surface area is 89.9 Å². The van der Waals surface area contributed by atoms with Crippen LogP contribution in [0.1, 0.15) is 5.56 Å². The zero-order chi connectivity index (χ0) is 9.64. The fraction of sp³-hybridized carbons (Fsp3) is 0. The minimum Gasteiger partial charge on any atom is -0.412 e. The maximum Gasteiger partial charge on any atom is 0.284 e. The Morgan fingerprint density at radius 3 is 2.47 bits per heavy atom. The number of hydrogen-bond acceptors (Lipinski definition) is 2. The van der Waals surface area contributed by atoms with Crippen molar-refractivity contribution in [3.8, 4) is 0 Å². The quantitative estimate of drug-likeness (QED) is 0.643. The normalized spacial score (nSPS) is 15.7. The molecule has 1 aromatic carbocycles. The second-order valence-electron chi connectivity index (χ2n) is 2.50. The lowest BCUT2D eigenvalue weighted by atomic mass is 10.2. The molecule has 8 heteroatoms. The molecule has 1 aliphatic heterocycles. The molecule has 0 atom stereocenters. The molecular weight excluding hydrogens is 249 g/mol. The molecule has 0 aliphatic carbocycles. The Morgan fingerprint density at radius 2 is 1.87 bits per heavy atom. The summed E-state index contributed by atoms with van der Waals surface area (Å²) in [4.78, 5) is -0.0427. The SMILES string of the molecule is O.O.O=S1(=O)N=C(Cl)c2cc(F)ccc21. The number of fused-ring (bicyclic) bond motifs is 1. The summed E-state index contributed by atoms with van der Waals surface area (Å²) in [6, 6.07) is 3.26. The van der Waals surface area contributed by atoms with Gasteiger partial charge in [0.25, 0.3) is 10.0 Å². The fourth-order valence-electron chi connectivity index (χ4n) is 1.09. The van der Waals surface area contributed by atoms with Crippen LogP contribution in [0.15, 0.2) is 27.5 Å². The highest BCUT2D eigenvalue weighted by Crippen LogP contribution is 2.27. The average molecular weight is 256 g/mol. The van der Waals surface area contributed by atoms with Crippen LogP contribution in [0.25, 0.3) is 0 Å². The highest BCUT2D eigenvalue weighted by molar-refractivity contribution is 7.91. The second-order valence-corrected chi connectivity index (χ2v) is 4.43. The van der Waals surface area contributed by atoms with Crippen LogP contribution >= 0.6 is 11.6 Å². The molecule has 0 aromatic heterocycles. The van der Waals surface area contributed by atoms with Crippen molar-refractivity contribution >= 4 is 26.8 Å². The molecule has 4 N–H and O–H groups in total. The van der Waals surface area contributed by atoms with Gasteiger partial charge in [0.1, 0.15) is 5.82 Å². The van der Waals surface area contributed by atoms with E-state index in [0.717, 1.165) is 18.2 Å². The van der Waals surface area contributed by atoms with Gasteiger partial charge >= 0.3 is 0 Å². The van der Waals surface area contributed by atoms with Crippen molar-refractivity contribution in [2.24, 2.45) is 4.40 Å². The van der Waals surface area contributed by atoms with E-state index in [0.29, 0.717) is 0 Å². The van der Waals surface area contributed by atoms with Gasteiger partial charge in [0.2, 0.25) is 0 Å². The van der Waals surface area contributed by atoms with Gasteiger partial charge in [-0.2, -0.15) is 8.42 Å². The van der Waals surface area contributed by atoms with Crippen molar-refractivity contribution < 1.29 is 23.8 Å². The number of hydrogen-bond donors (Lipinski definition) is 0. The summed E-state index contributed by atoms with van der Waals surface area (Å²) in [6.45, 7) is 0. The molecule has 1 heterocycles. The Kier molecular flexibility index (Phi) is 3.94. The van der Waals surface area contributed by atoms with Gasteiger partial charge in [-0.3, -0.25) is 0 Å². The Morgan fingerprint density at radius 1 is 1.27 bits per heavy atom. The molecule has 0 unspecified atom stereocenters. The van der Waals surface area contributed by atoms with Gasteiger partial charge in [0.15, 0.2) is 5.17 Å². The molecule has 0 spiro atoms. The van der Waals surface area contributed by atoms with E-state index in [1.54, 1.807) is 0 Å². The van der Waals surface area contributed by atoms with Gasteiger partial charge in [0, 0.05) is 5.56 Å². The molecular formula is C7H7ClFNO4S. The van der Waals surface area contributed by atoms with Crippen LogP contribution in [0.5, 0.6) is 0 Å². The van der Waals surface area contributed by atoms with Gasteiger partial charge in [-0.15, -0.1) is 4.40 Å². The summed E-state index contributed by atoms with van der Waals surface area (Å²) in [5, 5.41) is -0.186. The molecule has 0 fully saturated rings. The maximum atomic E-state index is 12.7. The van der Waals surface area contributed by atoms with E-state index in [1.807, 2.05) is 0 Å². The van der Waals surface area contributed by atoms with Gasteiger partial charge in [-0.1, -0.05) is 11.6 Å². The molecule has 1 aromatic rings. The van der Waals surface area contributed by atoms with Crippen LogP contribution in [0.4, 0.5) is 4.39 Å². The third-order valence-corrected chi connectivity index (χ3v) is 3.37. The lowest BCUT2D eigenvalue weighted by Gasteiger charge is -1.95. The van der Waals surface area contributed by atoms with Crippen molar-refractivity contribution in [1.29, 1.82) is 0 Å². The number of rotatable bonds is 0. The predicted octanol–water partition coefficient (Wildman–Crippen LogP) is -0.136.